The van der Waals surface area contributed by atoms with Gasteiger partial charge in [0, 0.05) is 28.5 Å². The first-order valence-electron chi connectivity index (χ1n) is 10.2. The molecule has 4 aromatic rings. The first-order chi connectivity index (χ1) is 15.2. The molecule has 1 aliphatic rings. The monoisotopic (exact) mass is 397 g/mol. The predicted octanol–water partition coefficient (Wildman–Crippen LogP) is 7.03. The standard InChI is InChI=1S/C28H19N3/c1-19-24-6-2-4-8-27(24)31(28-9-5-3-7-25(19)28)23-14-12-21(13-15-23)26-16-20(17-29)10-11-22(26)18-30/h2-16,19H,1H3. The van der Waals surface area contributed by atoms with Gasteiger partial charge in [0.2, 0.25) is 0 Å². The summed E-state index contributed by atoms with van der Waals surface area (Å²) < 4.78 is 0. The van der Waals surface area contributed by atoms with Crippen LogP contribution in [-0.4, -0.2) is 0 Å². The van der Waals surface area contributed by atoms with E-state index >= 15 is 0 Å². The van der Waals surface area contributed by atoms with E-state index < -0.39 is 0 Å². The Hall–Kier alpha value is -4.34. The maximum absolute atomic E-state index is 9.50. The van der Waals surface area contributed by atoms with Crippen molar-refractivity contribution in [3.63, 3.8) is 0 Å². The van der Waals surface area contributed by atoms with Crippen LogP contribution >= 0.6 is 0 Å². The minimum absolute atomic E-state index is 0.329. The number of rotatable bonds is 2. The molecule has 0 unspecified atom stereocenters. The van der Waals surface area contributed by atoms with Crippen LogP contribution in [0.2, 0.25) is 0 Å². The van der Waals surface area contributed by atoms with E-state index in [2.05, 4.69) is 84.6 Å². The third-order valence-corrected chi connectivity index (χ3v) is 5.99. The van der Waals surface area contributed by atoms with E-state index in [0.29, 0.717) is 17.0 Å². The summed E-state index contributed by atoms with van der Waals surface area (Å²) in [6, 6.07) is 34.8. The molecule has 1 aliphatic heterocycles. The third kappa shape index (κ3) is 3.05. The number of benzene rings is 4. The van der Waals surface area contributed by atoms with E-state index in [9.17, 15) is 10.5 Å². The summed E-state index contributed by atoms with van der Waals surface area (Å²) in [5.41, 5.74) is 8.85. The van der Waals surface area contributed by atoms with E-state index in [1.807, 2.05) is 12.1 Å². The van der Waals surface area contributed by atoms with Gasteiger partial charge in [-0.15, -0.1) is 0 Å². The Kier molecular flexibility index (Phi) is 4.51. The lowest BCUT2D eigenvalue weighted by Crippen LogP contribution is -2.20. The molecule has 0 fully saturated rings. The van der Waals surface area contributed by atoms with Crippen molar-refractivity contribution in [1.29, 1.82) is 10.5 Å². The van der Waals surface area contributed by atoms with Crippen molar-refractivity contribution in [3.05, 3.63) is 113 Å². The minimum atomic E-state index is 0.329. The summed E-state index contributed by atoms with van der Waals surface area (Å²) in [4.78, 5) is 2.30. The zero-order valence-electron chi connectivity index (χ0n) is 17.1. The van der Waals surface area contributed by atoms with Gasteiger partial charge in [-0.25, -0.2) is 0 Å². The highest BCUT2D eigenvalue weighted by Crippen LogP contribution is 2.48. The molecule has 0 saturated carbocycles. The van der Waals surface area contributed by atoms with E-state index in [1.165, 1.54) is 22.5 Å². The number of fused-ring (bicyclic) bond motifs is 2. The zero-order chi connectivity index (χ0) is 21.4. The molecule has 0 amide bonds. The van der Waals surface area contributed by atoms with E-state index in [4.69, 9.17) is 0 Å². The van der Waals surface area contributed by atoms with E-state index in [0.717, 1.165) is 16.8 Å². The van der Waals surface area contributed by atoms with Gasteiger partial charge in [0.15, 0.2) is 0 Å². The second-order valence-corrected chi connectivity index (χ2v) is 7.71. The molecule has 0 spiro atoms. The Bertz CT molecular complexity index is 1320. The molecule has 0 aromatic heterocycles. The van der Waals surface area contributed by atoms with Gasteiger partial charge in [0.1, 0.15) is 0 Å². The number of para-hydroxylation sites is 2. The molecule has 0 radical (unpaired) electrons. The Balaban J connectivity index is 1.63. The van der Waals surface area contributed by atoms with Gasteiger partial charge < -0.3 is 4.90 Å². The molecule has 31 heavy (non-hydrogen) atoms. The molecule has 0 atom stereocenters. The number of hydrogen-bond acceptors (Lipinski definition) is 3. The van der Waals surface area contributed by atoms with Gasteiger partial charge in [0.25, 0.3) is 0 Å². The number of hydrogen-bond donors (Lipinski definition) is 0. The van der Waals surface area contributed by atoms with Crippen molar-refractivity contribution in [2.75, 3.05) is 4.90 Å². The van der Waals surface area contributed by atoms with Crippen molar-refractivity contribution >= 4 is 17.1 Å². The molecular weight excluding hydrogens is 378 g/mol. The van der Waals surface area contributed by atoms with Crippen LogP contribution in [0.1, 0.15) is 35.1 Å². The van der Waals surface area contributed by atoms with Gasteiger partial charge in [-0.1, -0.05) is 55.5 Å². The van der Waals surface area contributed by atoms with Crippen LogP contribution in [0.4, 0.5) is 17.1 Å². The summed E-state index contributed by atoms with van der Waals surface area (Å²) in [6.45, 7) is 2.25. The fourth-order valence-electron chi connectivity index (χ4n) is 4.43. The molecule has 0 aliphatic carbocycles. The SMILES string of the molecule is CC1c2ccccc2N(c2ccc(-c3cc(C#N)ccc3C#N)cc2)c2ccccc21. The zero-order valence-corrected chi connectivity index (χ0v) is 17.1. The second kappa shape index (κ2) is 7.48. The third-order valence-electron chi connectivity index (χ3n) is 5.99. The van der Waals surface area contributed by atoms with Crippen LogP contribution in [0.15, 0.2) is 91.0 Å². The maximum Gasteiger partial charge on any atom is 0.0998 e. The quantitative estimate of drug-likeness (QED) is 0.365. The largest absolute Gasteiger partial charge is 0.310 e. The molecule has 3 heteroatoms. The van der Waals surface area contributed by atoms with Crippen molar-refractivity contribution in [2.24, 2.45) is 0 Å². The molecule has 4 aromatic carbocycles. The predicted molar refractivity (Wildman–Crippen MR) is 124 cm³/mol. The van der Waals surface area contributed by atoms with Gasteiger partial charge in [-0.05, 0) is 59.2 Å². The van der Waals surface area contributed by atoms with Gasteiger partial charge in [-0.3, -0.25) is 0 Å². The summed E-state index contributed by atoms with van der Waals surface area (Å²) in [5.74, 6) is 0.329. The number of nitriles is 2. The minimum Gasteiger partial charge on any atom is -0.310 e. The van der Waals surface area contributed by atoms with E-state index in [1.54, 1.807) is 18.2 Å². The highest BCUT2D eigenvalue weighted by atomic mass is 15.2. The van der Waals surface area contributed by atoms with Crippen molar-refractivity contribution in [1.82, 2.24) is 0 Å². The maximum atomic E-state index is 9.50. The van der Waals surface area contributed by atoms with Crippen molar-refractivity contribution < 1.29 is 0 Å². The normalized spacial score (nSPS) is 12.4. The average Bonchev–Trinajstić information content (AvgIpc) is 2.84. The average molecular weight is 397 g/mol. The Morgan fingerprint density at radius 2 is 1.32 bits per heavy atom. The molecule has 5 rings (SSSR count). The first kappa shape index (κ1) is 18.7. The van der Waals surface area contributed by atoms with Crippen LogP contribution < -0.4 is 4.90 Å². The molecule has 0 bridgehead atoms. The van der Waals surface area contributed by atoms with Crippen molar-refractivity contribution in [3.8, 4) is 23.3 Å². The smallest absolute Gasteiger partial charge is 0.0998 e. The van der Waals surface area contributed by atoms with Gasteiger partial charge >= 0.3 is 0 Å². The fraction of sp³-hybridized carbons (Fsp3) is 0.0714. The summed E-state index contributed by atoms with van der Waals surface area (Å²) >= 11 is 0. The van der Waals surface area contributed by atoms with Crippen LogP contribution in [0.3, 0.4) is 0 Å². The van der Waals surface area contributed by atoms with E-state index in [-0.39, 0.29) is 0 Å². The lowest BCUT2D eigenvalue weighted by atomic mass is 9.86. The van der Waals surface area contributed by atoms with Crippen LogP contribution in [0, 0.1) is 22.7 Å². The molecule has 3 nitrogen and oxygen atoms in total. The summed E-state index contributed by atoms with van der Waals surface area (Å²) in [6.07, 6.45) is 0. The van der Waals surface area contributed by atoms with Gasteiger partial charge in [0.05, 0.1) is 23.3 Å². The highest BCUT2D eigenvalue weighted by Gasteiger charge is 2.28. The van der Waals surface area contributed by atoms with Gasteiger partial charge in [-0.2, -0.15) is 10.5 Å². The molecule has 1 heterocycles. The fourth-order valence-corrected chi connectivity index (χ4v) is 4.43. The van der Waals surface area contributed by atoms with Crippen molar-refractivity contribution in [2.45, 2.75) is 12.8 Å². The molecular formula is C28H19N3. The Morgan fingerprint density at radius 1 is 0.710 bits per heavy atom. The number of anilines is 3. The summed E-state index contributed by atoms with van der Waals surface area (Å²) in [7, 11) is 0. The Morgan fingerprint density at radius 3 is 1.90 bits per heavy atom. The first-order valence-corrected chi connectivity index (χ1v) is 10.2. The van der Waals surface area contributed by atoms with Crippen LogP contribution in [-0.2, 0) is 0 Å². The Labute approximate surface area is 182 Å². The van der Waals surface area contributed by atoms with Crippen LogP contribution in [0.25, 0.3) is 11.1 Å². The van der Waals surface area contributed by atoms with Crippen LogP contribution in [0.5, 0.6) is 0 Å². The molecule has 146 valence electrons. The lowest BCUT2D eigenvalue weighted by Gasteiger charge is -2.36. The summed E-state index contributed by atoms with van der Waals surface area (Å²) in [5, 5.41) is 18.8. The topological polar surface area (TPSA) is 50.8 Å². The molecule has 0 saturated heterocycles. The molecule has 0 N–H and O–H groups in total. The number of nitrogens with zero attached hydrogens (tertiary/aromatic N) is 3. The lowest BCUT2D eigenvalue weighted by molar-refractivity contribution is 0.892. The second-order valence-electron chi connectivity index (χ2n) is 7.71. The highest BCUT2D eigenvalue weighted by molar-refractivity contribution is 5.85.